The van der Waals surface area contributed by atoms with Crippen molar-refractivity contribution >= 4 is 11.6 Å². The summed E-state index contributed by atoms with van der Waals surface area (Å²) in [5.41, 5.74) is 0.701. The van der Waals surface area contributed by atoms with E-state index in [4.69, 9.17) is 0 Å². The SMILES string of the molecule is O=C(CNCC1CC1)Nc1ccc(-n2ccnc2)nc1. The topological polar surface area (TPSA) is 71.8 Å². The fraction of sp³-hybridized carbons (Fsp3) is 0.357. The second kappa shape index (κ2) is 5.83. The molecule has 2 aromatic rings. The van der Waals surface area contributed by atoms with E-state index in [0.29, 0.717) is 12.2 Å². The number of nitrogens with one attached hydrogen (secondary N) is 2. The van der Waals surface area contributed by atoms with Crippen LogP contribution in [0.15, 0.2) is 37.1 Å². The molecule has 1 fully saturated rings. The van der Waals surface area contributed by atoms with Gasteiger partial charge in [0.2, 0.25) is 5.91 Å². The van der Waals surface area contributed by atoms with E-state index in [0.717, 1.165) is 18.3 Å². The lowest BCUT2D eigenvalue weighted by Gasteiger charge is -2.07. The van der Waals surface area contributed by atoms with Crippen LogP contribution in [0.3, 0.4) is 0 Å². The number of hydrogen-bond donors (Lipinski definition) is 2. The van der Waals surface area contributed by atoms with Crippen molar-refractivity contribution in [3.63, 3.8) is 0 Å². The molecule has 0 bridgehead atoms. The van der Waals surface area contributed by atoms with Gasteiger partial charge in [0.15, 0.2) is 0 Å². The molecule has 1 aliphatic carbocycles. The van der Waals surface area contributed by atoms with Gasteiger partial charge in [0.1, 0.15) is 12.1 Å². The number of carbonyl (C=O) groups is 1. The van der Waals surface area contributed by atoms with E-state index in [2.05, 4.69) is 20.6 Å². The van der Waals surface area contributed by atoms with Gasteiger partial charge >= 0.3 is 0 Å². The zero-order chi connectivity index (χ0) is 13.8. The van der Waals surface area contributed by atoms with Crippen LogP contribution in [-0.4, -0.2) is 33.5 Å². The predicted octanol–water partition coefficient (Wildman–Crippen LogP) is 1.21. The summed E-state index contributed by atoms with van der Waals surface area (Å²) in [6, 6.07) is 3.68. The number of aromatic nitrogens is 3. The van der Waals surface area contributed by atoms with Crippen molar-refractivity contribution in [1.29, 1.82) is 0 Å². The van der Waals surface area contributed by atoms with Gasteiger partial charge in [-0.15, -0.1) is 0 Å². The molecule has 1 saturated carbocycles. The van der Waals surface area contributed by atoms with Crippen LogP contribution in [0, 0.1) is 5.92 Å². The Hall–Kier alpha value is -2.21. The molecule has 1 amide bonds. The second-order valence-corrected chi connectivity index (χ2v) is 5.00. The van der Waals surface area contributed by atoms with Gasteiger partial charge in [-0.1, -0.05) is 0 Å². The zero-order valence-electron chi connectivity index (χ0n) is 11.1. The molecular formula is C14H17N5O. The van der Waals surface area contributed by atoms with Crippen LogP contribution >= 0.6 is 0 Å². The molecule has 2 N–H and O–H groups in total. The minimum atomic E-state index is -0.0390. The quantitative estimate of drug-likeness (QED) is 0.828. The highest BCUT2D eigenvalue weighted by molar-refractivity contribution is 5.92. The van der Waals surface area contributed by atoms with Crippen LogP contribution in [0.5, 0.6) is 0 Å². The second-order valence-electron chi connectivity index (χ2n) is 5.00. The first-order chi connectivity index (χ1) is 9.81. The fourth-order valence-corrected chi connectivity index (χ4v) is 1.92. The van der Waals surface area contributed by atoms with Gasteiger partial charge in [-0.3, -0.25) is 9.36 Å². The lowest BCUT2D eigenvalue weighted by Crippen LogP contribution is -2.29. The monoisotopic (exact) mass is 271 g/mol. The highest BCUT2D eigenvalue weighted by atomic mass is 16.1. The van der Waals surface area contributed by atoms with Gasteiger partial charge < -0.3 is 10.6 Å². The summed E-state index contributed by atoms with van der Waals surface area (Å²) in [5, 5.41) is 5.98. The molecule has 6 heteroatoms. The predicted molar refractivity (Wildman–Crippen MR) is 75.6 cm³/mol. The summed E-state index contributed by atoms with van der Waals surface area (Å²) in [4.78, 5) is 20.0. The van der Waals surface area contributed by atoms with E-state index in [9.17, 15) is 4.79 Å². The third-order valence-corrected chi connectivity index (χ3v) is 3.22. The Morgan fingerprint density at radius 1 is 1.40 bits per heavy atom. The first-order valence-corrected chi connectivity index (χ1v) is 6.76. The van der Waals surface area contributed by atoms with Crippen LogP contribution in [-0.2, 0) is 4.79 Å². The molecule has 3 rings (SSSR count). The minimum absolute atomic E-state index is 0.0390. The van der Waals surface area contributed by atoms with E-state index in [1.165, 1.54) is 12.8 Å². The van der Waals surface area contributed by atoms with E-state index in [1.54, 1.807) is 18.7 Å². The highest BCUT2D eigenvalue weighted by Gasteiger charge is 2.20. The molecule has 0 aromatic carbocycles. The maximum Gasteiger partial charge on any atom is 0.238 e. The Morgan fingerprint density at radius 2 is 2.30 bits per heavy atom. The fourth-order valence-electron chi connectivity index (χ4n) is 1.92. The third kappa shape index (κ3) is 3.42. The Labute approximate surface area is 117 Å². The Balaban J connectivity index is 1.50. The Kier molecular flexibility index (Phi) is 3.73. The molecular weight excluding hydrogens is 254 g/mol. The van der Waals surface area contributed by atoms with Crippen LogP contribution < -0.4 is 10.6 Å². The van der Waals surface area contributed by atoms with Crippen molar-refractivity contribution in [2.75, 3.05) is 18.4 Å². The number of nitrogens with zero attached hydrogens (tertiary/aromatic N) is 3. The smallest absolute Gasteiger partial charge is 0.238 e. The van der Waals surface area contributed by atoms with Crippen molar-refractivity contribution in [2.24, 2.45) is 5.92 Å². The van der Waals surface area contributed by atoms with Gasteiger partial charge in [-0.05, 0) is 37.4 Å². The van der Waals surface area contributed by atoms with Gasteiger partial charge in [0.05, 0.1) is 18.4 Å². The van der Waals surface area contributed by atoms with Crippen LogP contribution in [0.2, 0.25) is 0 Å². The maximum absolute atomic E-state index is 11.7. The number of imidazole rings is 1. The average molecular weight is 271 g/mol. The molecule has 104 valence electrons. The van der Waals surface area contributed by atoms with Crippen LogP contribution in [0.1, 0.15) is 12.8 Å². The summed E-state index contributed by atoms with van der Waals surface area (Å²) in [5.74, 6) is 1.51. The summed E-state index contributed by atoms with van der Waals surface area (Å²) in [6.07, 6.45) is 9.42. The number of rotatable bonds is 6. The van der Waals surface area contributed by atoms with Gasteiger partial charge in [0, 0.05) is 12.4 Å². The van der Waals surface area contributed by atoms with E-state index < -0.39 is 0 Å². The van der Waals surface area contributed by atoms with Crippen molar-refractivity contribution in [2.45, 2.75) is 12.8 Å². The normalized spacial score (nSPS) is 14.2. The summed E-state index contributed by atoms with van der Waals surface area (Å²) < 4.78 is 1.81. The van der Waals surface area contributed by atoms with Gasteiger partial charge in [-0.25, -0.2) is 9.97 Å². The molecule has 0 atom stereocenters. The molecule has 2 heterocycles. The molecule has 2 aromatic heterocycles. The van der Waals surface area contributed by atoms with Crippen LogP contribution in [0.25, 0.3) is 5.82 Å². The molecule has 0 spiro atoms. The van der Waals surface area contributed by atoms with Crippen molar-refractivity contribution < 1.29 is 4.79 Å². The van der Waals surface area contributed by atoms with Crippen molar-refractivity contribution in [3.8, 4) is 5.82 Å². The summed E-state index contributed by atoms with van der Waals surface area (Å²) in [6.45, 7) is 1.28. The standard InChI is InChI=1S/C14H17N5O/c20-14(9-16-7-11-1-2-11)18-12-3-4-13(17-8-12)19-6-5-15-10-19/h3-6,8,10-11,16H,1-2,7,9H2,(H,18,20). The number of pyridine rings is 1. The van der Waals surface area contributed by atoms with Gasteiger partial charge in [0.25, 0.3) is 0 Å². The molecule has 0 saturated heterocycles. The number of hydrogen-bond acceptors (Lipinski definition) is 4. The molecule has 20 heavy (non-hydrogen) atoms. The van der Waals surface area contributed by atoms with E-state index in [-0.39, 0.29) is 5.91 Å². The third-order valence-electron chi connectivity index (χ3n) is 3.22. The first-order valence-electron chi connectivity index (χ1n) is 6.76. The Bertz CT molecular complexity index is 560. The summed E-state index contributed by atoms with van der Waals surface area (Å²) in [7, 11) is 0. The zero-order valence-corrected chi connectivity index (χ0v) is 11.1. The van der Waals surface area contributed by atoms with Gasteiger partial charge in [-0.2, -0.15) is 0 Å². The minimum Gasteiger partial charge on any atom is -0.324 e. The number of anilines is 1. The van der Waals surface area contributed by atoms with Crippen LogP contribution in [0.4, 0.5) is 5.69 Å². The van der Waals surface area contributed by atoms with E-state index >= 15 is 0 Å². The molecule has 0 aliphatic heterocycles. The summed E-state index contributed by atoms with van der Waals surface area (Å²) >= 11 is 0. The molecule has 6 nitrogen and oxygen atoms in total. The van der Waals surface area contributed by atoms with E-state index in [1.807, 2.05) is 22.9 Å². The first kappa shape index (κ1) is 12.8. The average Bonchev–Trinajstić information content (AvgIpc) is 3.11. The highest BCUT2D eigenvalue weighted by Crippen LogP contribution is 2.27. The lowest BCUT2D eigenvalue weighted by atomic mass is 10.3. The molecule has 0 radical (unpaired) electrons. The number of carbonyl (C=O) groups excluding carboxylic acids is 1. The molecule has 1 aliphatic rings. The largest absolute Gasteiger partial charge is 0.324 e. The number of amides is 1. The Morgan fingerprint density at radius 3 is 2.95 bits per heavy atom. The van der Waals surface area contributed by atoms with Crippen molar-refractivity contribution in [1.82, 2.24) is 19.9 Å². The molecule has 0 unspecified atom stereocenters. The maximum atomic E-state index is 11.7. The lowest BCUT2D eigenvalue weighted by molar-refractivity contribution is -0.115. The van der Waals surface area contributed by atoms with Crippen molar-refractivity contribution in [3.05, 3.63) is 37.1 Å².